The maximum Gasteiger partial charge on any atom is 0.0751 e. The van der Waals surface area contributed by atoms with E-state index in [9.17, 15) is 10.2 Å². The molecule has 0 radical (unpaired) electrons. The smallest absolute Gasteiger partial charge is 0.0751 e. The summed E-state index contributed by atoms with van der Waals surface area (Å²) in [5.74, 6) is 2.97. The summed E-state index contributed by atoms with van der Waals surface area (Å²) < 4.78 is 0. The van der Waals surface area contributed by atoms with Crippen molar-refractivity contribution in [3.8, 4) is 0 Å². The van der Waals surface area contributed by atoms with Crippen LogP contribution in [0.2, 0.25) is 0 Å². The second-order valence-corrected chi connectivity index (χ2v) is 15.1. The number of halogens is 1. The molecule has 6 fully saturated rings. The molecule has 10 atom stereocenters. The van der Waals surface area contributed by atoms with Crippen LogP contribution in [0.3, 0.4) is 0 Å². The van der Waals surface area contributed by atoms with Gasteiger partial charge < -0.3 is 10.2 Å². The number of alkyl halides is 1. The Morgan fingerprint density at radius 2 is 1.33 bits per heavy atom. The lowest BCUT2D eigenvalue weighted by Crippen LogP contribution is -2.60. The summed E-state index contributed by atoms with van der Waals surface area (Å²) in [5, 5.41) is 23.9. The summed E-state index contributed by atoms with van der Waals surface area (Å²) in [6.45, 7) is 11.9. The summed E-state index contributed by atoms with van der Waals surface area (Å²) in [5.41, 5.74) is 0.493. The molecule has 5 heteroatoms. The van der Waals surface area contributed by atoms with Gasteiger partial charge in [-0.2, -0.15) is 0 Å². The highest BCUT2D eigenvalue weighted by Gasteiger charge is 2.63. The molecular weight excluding hydrogens is 512 g/mol. The van der Waals surface area contributed by atoms with Crippen LogP contribution in [0.5, 0.6) is 0 Å². The summed E-state index contributed by atoms with van der Waals surface area (Å²) >= 11 is 3.15. The topological polar surface area (TPSA) is 46.9 Å². The third kappa shape index (κ3) is 4.88. The SMILES string of the molecule is CCBr.C[C@]12C[C@H](N3CCCCC3)[C@@H](O)C[C@@H]1CC[C@@H]1[C@@H]2CC[C@]2(C)[C@H](O)[C@@H](N3CCCCC3)C[C@@H]12. The molecule has 4 saturated carbocycles. The normalized spacial score (nSPS) is 49.8. The van der Waals surface area contributed by atoms with Crippen LogP contribution in [0.1, 0.15) is 104 Å². The molecule has 0 spiro atoms. The van der Waals surface area contributed by atoms with Gasteiger partial charge in [-0.1, -0.05) is 49.5 Å². The Hall–Kier alpha value is 0.320. The molecule has 0 bridgehead atoms. The number of hydrogen-bond acceptors (Lipinski definition) is 4. The van der Waals surface area contributed by atoms with E-state index in [0.717, 1.165) is 23.6 Å². The average Bonchev–Trinajstić information content (AvgIpc) is 3.16. The van der Waals surface area contributed by atoms with E-state index in [1.807, 2.05) is 6.92 Å². The first-order valence-corrected chi connectivity index (χ1v) is 16.9. The van der Waals surface area contributed by atoms with Gasteiger partial charge in [-0.25, -0.2) is 0 Å². The van der Waals surface area contributed by atoms with Crippen molar-refractivity contribution in [1.29, 1.82) is 0 Å². The maximum absolute atomic E-state index is 11.6. The van der Waals surface area contributed by atoms with E-state index in [0.29, 0.717) is 29.3 Å². The quantitative estimate of drug-likeness (QED) is 0.397. The van der Waals surface area contributed by atoms with Gasteiger partial charge in [0.25, 0.3) is 0 Å². The van der Waals surface area contributed by atoms with Crippen LogP contribution in [-0.2, 0) is 0 Å². The minimum absolute atomic E-state index is 0.118. The van der Waals surface area contributed by atoms with Crippen LogP contribution in [0.4, 0.5) is 0 Å². The van der Waals surface area contributed by atoms with E-state index in [1.165, 1.54) is 103 Å². The van der Waals surface area contributed by atoms with Crippen LogP contribution in [0.15, 0.2) is 0 Å². The number of rotatable bonds is 2. The molecule has 6 aliphatic rings. The maximum atomic E-state index is 11.6. The van der Waals surface area contributed by atoms with Gasteiger partial charge in [0, 0.05) is 17.4 Å². The van der Waals surface area contributed by atoms with Gasteiger partial charge in [-0.3, -0.25) is 9.80 Å². The zero-order valence-corrected chi connectivity index (χ0v) is 25.1. The zero-order valence-electron chi connectivity index (χ0n) is 23.5. The van der Waals surface area contributed by atoms with Crippen LogP contribution < -0.4 is 0 Å². The second-order valence-electron chi connectivity index (χ2n) is 14.0. The molecule has 0 aromatic heterocycles. The highest BCUT2D eigenvalue weighted by atomic mass is 79.9. The summed E-state index contributed by atoms with van der Waals surface area (Å²) in [6, 6.07) is 0.785. The van der Waals surface area contributed by atoms with Crippen LogP contribution in [0.25, 0.3) is 0 Å². The molecule has 0 amide bonds. The van der Waals surface area contributed by atoms with Gasteiger partial charge in [0.2, 0.25) is 0 Å². The molecule has 0 aromatic rings. The Labute approximate surface area is 230 Å². The Morgan fingerprint density at radius 3 is 1.94 bits per heavy atom. The minimum atomic E-state index is -0.138. The van der Waals surface area contributed by atoms with Crippen molar-refractivity contribution in [2.45, 2.75) is 129 Å². The van der Waals surface area contributed by atoms with Crippen molar-refractivity contribution in [3.05, 3.63) is 0 Å². The number of fused-ring (bicyclic) bond motifs is 5. The lowest BCUT2D eigenvalue weighted by atomic mass is 9.44. The van der Waals surface area contributed by atoms with Crippen LogP contribution in [-0.4, -0.2) is 75.8 Å². The predicted molar refractivity (Wildman–Crippen MR) is 152 cm³/mol. The number of piperidine rings is 2. The van der Waals surface area contributed by atoms with Crippen LogP contribution in [0, 0.1) is 34.5 Å². The molecule has 0 unspecified atom stereocenters. The lowest BCUT2D eigenvalue weighted by molar-refractivity contribution is -0.154. The van der Waals surface area contributed by atoms with E-state index in [-0.39, 0.29) is 17.6 Å². The number of aliphatic hydroxyl groups excluding tert-OH is 2. The molecule has 2 saturated heterocycles. The largest absolute Gasteiger partial charge is 0.391 e. The van der Waals surface area contributed by atoms with Crippen molar-refractivity contribution in [1.82, 2.24) is 9.80 Å². The number of likely N-dealkylation sites (tertiary alicyclic amines) is 2. The second kappa shape index (κ2) is 11.4. The van der Waals surface area contributed by atoms with Gasteiger partial charge in [0.05, 0.1) is 12.2 Å². The highest BCUT2D eigenvalue weighted by molar-refractivity contribution is 9.09. The predicted octanol–water partition coefficient (Wildman–Crippen LogP) is 6.08. The standard InChI is InChI=1S/C29H50N2O2.C2H5Br/c1-28-12-11-22-21(23(28)18-24(27(28)33)30-13-5-3-6-14-30)10-9-20-17-26(32)25(19-29(20,22)2)31-15-7-4-8-16-31;1-2-3/h20-27,32-33H,3-19H2,1-2H3;2H2,1H3/t20-,21+,22-,23-,24-,25-,26-,27+,28-,29-;/m0./s1. The molecule has 208 valence electrons. The molecular formula is C31H55BrN2O2. The van der Waals surface area contributed by atoms with E-state index in [4.69, 9.17) is 0 Å². The molecule has 2 aliphatic heterocycles. The highest BCUT2D eigenvalue weighted by Crippen LogP contribution is 2.66. The van der Waals surface area contributed by atoms with E-state index >= 15 is 0 Å². The Bertz CT molecular complexity index is 725. The first kappa shape index (κ1) is 27.9. The molecule has 2 N–H and O–H groups in total. The molecule has 6 rings (SSSR count). The van der Waals surface area contributed by atoms with Crippen molar-refractivity contribution in [2.75, 3.05) is 31.5 Å². The first-order chi connectivity index (χ1) is 17.3. The minimum Gasteiger partial charge on any atom is -0.391 e. The lowest BCUT2D eigenvalue weighted by Gasteiger charge is -2.62. The van der Waals surface area contributed by atoms with Gasteiger partial charge >= 0.3 is 0 Å². The summed E-state index contributed by atoms with van der Waals surface area (Å²) in [4.78, 5) is 5.33. The summed E-state index contributed by atoms with van der Waals surface area (Å²) in [6.07, 6.45) is 16.4. The fourth-order valence-corrected chi connectivity index (χ4v) is 10.5. The van der Waals surface area contributed by atoms with Gasteiger partial charge in [0.15, 0.2) is 0 Å². The van der Waals surface area contributed by atoms with Crippen molar-refractivity contribution in [2.24, 2.45) is 34.5 Å². The average molecular weight is 568 g/mol. The molecule has 4 aliphatic carbocycles. The molecule has 36 heavy (non-hydrogen) atoms. The number of hydrogen-bond donors (Lipinski definition) is 2. The van der Waals surface area contributed by atoms with Gasteiger partial charge in [0.1, 0.15) is 0 Å². The molecule has 4 nitrogen and oxygen atoms in total. The van der Waals surface area contributed by atoms with E-state index < -0.39 is 0 Å². The summed E-state index contributed by atoms with van der Waals surface area (Å²) in [7, 11) is 0. The third-order valence-electron chi connectivity index (χ3n) is 12.4. The number of aliphatic hydroxyl groups is 2. The zero-order chi connectivity index (χ0) is 25.5. The van der Waals surface area contributed by atoms with Gasteiger partial charge in [-0.15, -0.1) is 0 Å². The fourth-order valence-electron chi connectivity index (χ4n) is 10.5. The first-order valence-electron chi connectivity index (χ1n) is 15.7. The van der Waals surface area contributed by atoms with E-state index in [2.05, 4.69) is 39.6 Å². The Kier molecular flexibility index (Phi) is 8.85. The monoisotopic (exact) mass is 566 g/mol. The van der Waals surface area contributed by atoms with Crippen LogP contribution >= 0.6 is 15.9 Å². The molecule has 0 aromatic carbocycles. The van der Waals surface area contributed by atoms with Crippen molar-refractivity contribution < 1.29 is 10.2 Å². The third-order valence-corrected chi connectivity index (χ3v) is 12.4. The fraction of sp³-hybridized carbons (Fsp3) is 1.00. The Balaban J connectivity index is 0.000000848. The van der Waals surface area contributed by atoms with Crippen molar-refractivity contribution in [3.63, 3.8) is 0 Å². The number of nitrogens with zero attached hydrogens (tertiary/aromatic N) is 2. The van der Waals surface area contributed by atoms with Crippen molar-refractivity contribution >= 4 is 15.9 Å². The molecule has 2 heterocycles. The van der Waals surface area contributed by atoms with Gasteiger partial charge in [-0.05, 0) is 131 Å². The Morgan fingerprint density at radius 1 is 0.750 bits per heavy atom. The van der Waals surface area contributed by atoms with E-state index in [1.54, 1.807) is 0 Å².